The number of aliphatic imine (C=N–C) groups is 2. The van der Waals surface area contributed by atoms with E-state index in [-0.39, 0.29) is 24.0 Å². The van der Waals surface area contributed by atoms with Crippen molar-refractivity contribution < 1.29 is 22.3 Å². The molecule has 4 N–H and O–H groups in total. The number of halogens is 4. The lowest BCUT2D eigenvalue weighted by Crippen LogP contribution is -2.43. The molecule has 1 unspecified atom stereocenters. The van der Waals surface area contributed by atoms with Gasteiger partial charge in [0, 0.05) is 25.4 Å². The highest BCUT2D eigenvalue weighted by molar-refractivity contribution is 5.93. The summed E-state index contributed by atoms with van der Waals surface area (Å²) in [7, 11) is 0. The first-order valence-corrected chi connectivity index (χ1v) is 8.34. The van der Waals surface area contributed by atoms with Crippen LogP contribution in [0.2, 0.25) is 0 Å². The molecule has 0 bridgehead atoms. The molecule has 1 aliphatic heterocycles. The van der Waals surface area contributed by atoms with Crippen molar-refractivity contribution in [2.75, 3.05) is 13.1 Å². The van der Waals surface area contributed by atoms with Crippen LogP contribution in [0.4, 0.5) is 17.6 Å². The predicted molar refractivity (Wildman–Crippen MR) is 90.4 cm³/mol. The van der Waals surface area contributed by atoms with Gasteiger partial charge in [0.15, 0.2) is 11.8 Å². The molecule has 1 fully saturated rings. The Hall–Kier alpha value is -2.26. The number of hydrogen-bond acceptors (Lipinski definition) is 2. The summed E-state index contributed by atoms with van der Waals surface area (Å²) in [6, 6.07) is 0. The van der Waals surface area contributed by atoms with Crippen molar-refractivity contribution in [3.63, 3.8) is 0 Å². The second-order valence-electron chi connectivity index (χ2n) is 6.60. The van der Waals surface area contributed by atoms with Crippen molar-refractivity contribution in [1.82, 2.24) is 4.90 Å². The van der Waals surface area contributed by atoms with Gasteiger partial charge in [-0.15, -0.1) is 13.2 Å². The van der Waals surface area contributed by atoms with Crippen molar-refractivity contribution in [3.8, 4) is 0 Å². The first-order chi connectivity index (χ1) is 12.0. The van der Waals surface area contributed by atoms with Gasteiger partial charge in [0.1, 0.15) is 5.76 Å². The second kappa shape index (κ2) is 7.96. The molecule has 0 aromatic carbocycles. The minimum atomic E-state index is -4.94. The zero-order valence-electron chi connectivity index (χ0n) is 14.7. The van der Waals surface area contributed by atoms with E-state index in [0.717, 1.165) is 32.0 Å². The second-order valence-corrected chi connectivity index (χ2v) is 6.60. The number of guanidine groups is 2. The highest BCUT2D eigenvalue weighted by Gasteiger charge is 2.35. The number of ether oxygens (including phenoxy) is 1. The van der Waals surface area contributed by atoms with E-state index in [1.165, 1.54) is 0 Å². The zero-order valence-corrected chi connectivity index (χ0v) is 14.7. The molecule has 1 heterocycles. The van der Waals surface area contributed by atoms with Crippen molar-refractivity contribution >= 4 is 11.9 Å². The van der Waals surface area contributed by atoms with Gasteiger partial charge >= 0.3 is 6.36 Å². The molecule has 1 aliphatic carbocycles. The zero-order chi connectivity index (χ0) is 19.5. The lowest BCUT2D eigenvalue weighted by Gasteiger charge is -2.30. The van der Waals surface area contributed by atoms with Crippen LogP contribution in [0.1, 0.15) is 33.1 Å². The van der Waals surface area contributed by atoms with E-state index in [1.807, 2.05) is 4.90 Å². The Kier molecular flexibility index (Phi) is 6.14. The summed E-state index contributed by atoms with van der Waals surface area (Å²) >= 11 is 0. The first kappa shape index (κ1) is 20.1. The van der Waals surface area contributed by atoms with Crippen molar-refractivity contribution in [2.24, 2.45) is 33.3 Å². The third kappa shape index (κ3) is 5.63. The highest BCUT2D eigenvalue weighted by atomic mass is 19.4. The maximum atomic E-state index is 13.8. The number of nitrogens with zero attached hydrogens (tertiary/aromatic N) is 3. The number of nitrogens with two attached hydrogens (primary N) is 2. The van der Waals surface area contributed by atoms with Crippen molar-refractivity contribution in [2.45, 2.75) is 39.5 Å². The van der Waals surface area contributed by atoms with E-state index in [0.29, 0.717) is 5.92 Å². The molecule has 6 nitrogen and oxygen atoms in total. The monoisotopic (exact) mass is 377 g/mol. The first-order valence-electron chi connectivity index (χ1n) is 8.34. The van der Waals surface area contributed by atoms with Gasteiger partial charge in [0.05, 0.1) is 5.70 Å². The van der Waals surface area contributed by atoms with Crippen LogP contribution in [0.25, 0.3) is 0 Å². The van der Waals surface area contributed by atoms with Crippen LogP contribution in [0.15, 0.2) is 33.3 Å². The van der Waals surface area contributed by atoms with Gasteiger partial charge in [-0.3, -0.25) is 0 Å². The predicted octanol–water partition coefficient (Wildman–Crippen LogP) is 2.99. The summed E-state index contributed by atoms with van der Waals surface area (Å²) in [6.07, 6.45) is -2.36. The summed E-state index contributed by atoms with van der Waals surface area (Å²) in [5.41, 5.74) is 11.8. The van der Waals surface area contributed by atoms with E-state index in [2.05, 4.69) is 21.6 Å². The van der Waals surface area contributed by atoms with Crippen LogP contribution in [0, 0.1) is 11.8 Å². The minimum absolute atomic E-state index is 0.174. The Morgan fingerprint density at radius 1 is 1.23 bits per heavy atom. The van der Waals surface area contributed by atoms with Gasteiger partial charge in [0.25, 0.3) is 0 Å². The Morgan fingerprint density at radius 2 is 1.85 bits per heavy atom. The Balaban J connectivity index is 2.12. The SMILES string of the molecule is CC1CCN(C(N)=NC(N)=NC2=CC(F)=C(OC(F)(F)F)CC2C)CC1. The number of alkyl halides is 3. The highest BCUT2D eigenvalue weighted by Crippen LogP contribution is 2.34. The standard InChI is InChI=1S/C16H23F4N5O/c1-9-3-5-25(6-4-9)15(22)24-14(21)23-12-8-11(17)13(7-10(12)2)26-16(18,19)20/h8-10H,3-7H2,1-2H3,(H4,21,22,23,24). The molecule has 0 saturated carbocycles. The molecular formula is C16H23F4N5O. The van der Waals surface area contributed by atoms with Crippen LogP contribution in [-0.4, -0.2) is 36.3 Å². The normalized spacial score (nSPS) is 24.0. The molecule has 0 aromatic rings. The summed E-state index contributed by atoms with van der Waals surface area (Å²) < 4.78 is 54.3. The van der Waals surface area contributed by atoms with Gasteiger partial charge in [-0.1, -0.05) is 13.8 Å². The molecule has 0 amide bonds. The molecule has 0 spiro atoms. The number of hydrogen-bond donors (Lipinski definition) is 2. The van der Waals surface area contributed by atoms with E-state index >= 15 is 0 Å². The largest absolute Gasteiger partial charge is 0.572 e. The maximum Gasteiger partial charge on any atom is 0.572 e. The average Bonchev–Trinajstić information content (AvgIpc) is 2.51. The molecule has 146 valence electrons. The summed E-state index contributed by atoms with van der Waals surface area (Å²) in [6.45, 7) is 5.28. The van der Waals surface area contributed by atoms with Gasteiger partial charge in [-0.2, -0.15) is 4.99 Å². The van der Waals surface area contributed by atoms with Crippen LogP contribution in [-0.2, 0) is 4.74 Å². The van der Waals surface area contributed by atoms with Gasteiger partial charge in [0.2, 0.25) is 5.96 Å². The molecule has 10 heteroatoms. The van der Waals surface area contributed by atoms with Gasteiger partial charge < -0.3 is 21.1 Å². The molecule has 2 rings (SSSR count). The maximum absolute atomic E-state index is 13.8. The third-order valence-corrected chi connectivity index (χ3v) is 4.36. The Bertz CT molecular complexity index is 646. The molecule has 2 aliphatic rings. The summed E-state index contributed by atoms with van der Waals surface area (Å²) in [5.74, 6) is -1.74. The summed E-state index contributed by atoms with van der Waals surface area (Å²) in [4.78, 5) is 9.90. The lowest BCUT2D eigenvalue weighted by molar-refractivity contribution is -0.307. The minimum Gasteiger partial charge on any atom is -0.407 e. The van der Waals surface area contributed by atoms with Gasteiger partial charge in [-0.25, -0.2) is 9.38 Å². The fourth-order valence-corrected chi connectivity index (χ4v) is 2.79. The Morgan fingerprint density at radius 3 is 2.42 bits per heavy atom. The topological polar surface area (TPSA) is 89.2 Å². The van der Waals surface area contributed by atoms with Crippen LogP contribution >= 0.6 is 0 Å². The van der Waals surface area contributed by atoms with E-state index in [1.54, 1.807) is 6.92 Å². The average molecular weight is 377 g/mol. The van der Waals surface area contributed by atoms with Crippen molar-refractivity contribution in [3.05, 3.63) is 23.4 Å². The number of allylic oxidation sites excluding steroid dienone is 4. The van der Waals surface area contributed by atoms with E-state index in [9.17, 15) is 17.6 Å². The third-order valence-electron chi connectivity index (χ3n) is 4.36. The van der Waals surface area contributed by atoms with Gasteiger partial charge in [-0.05, 0) is 24.8 Å². The Labute approximate surface area is 149 Å². The summed E-state index contributed by atoms with van der Waals surface area (Å²) in [5, 5.41) is 0. The van der Waals surface area contributed by atoms with Crippen molar-refractivity contribution in [1.29, 1.82) is 0 Å². The molecule has 0 aromatic heterocycles. The fraction of sp³-hybridized carbons (Fsp3) is 0.625. The number of piperidine rings is 1. The molecule has 0 radical (unpaired) electrons. The van der Waals surface area contributed by atoms with E-state index < -0.39 is 23.9 Å². The van der Waals surface area contributed by atoms with Crippen LogP contribution in [0.3, 0.4) is 0 Å². The van der Waals surface area contributed by atoms with Crippen LogP contribution < -0.4 is 11.5 Å². The van der Waals surface area contributed by atoms with Crippen LogP contribution in [0.5, 0.6) is 0 Å². The lowest BCUT2D eigenvalue weighted by atomic mass is 9.97. The molecular weight excluding hydrogens is 354 g/mol. The molecule has 1 atom stereocenters. The smallest absolute Gasteiger partial charge is 0.407 e. The van der Waals surface area contributed by atoms with E-state index in [4.69, 9.17) is 11.5 Å². The number of likely N-dealkylation sites (tertiary alicyclic amines) is 1. The number of rotatable bonds is 2. The fourth-order valence-electron chi connectivity index (χ4n) is 2.79. The quantitative estimate of drug-likeness (QED) is 0.440. The molecule has 1 saturated heterocycles. The molecule has 26 heavy (non-hydrogen) atoms.